The molecular weight excluding hydrogens is 330 g/mol. The van der Waals surface area contributed by atoms with Crippen molar-refractivity contribution in [3.63, 3.8) is 0 Å². The number of carbonyl (C=O) groups is 1. The number of phenolic OH excluding ortho intramolecular Hbond substituents is 1. The summed E-state index contributed by atoms with van der Waals surface area (Å²) in [5.74, 6) is 5.74. The van der Waals surface area contributed by atoms with E-state index in [0.717, 1.165) is 10.7 Å². The van der Waals surface area contributed by atoms with Crippen molar-refractivity contribution in [3.8, 4) is 5.75 Å². The lowest BCUT2D eigenvalue weighted by Gasteiger charge is -2.19. The van der Waals surface area contributed by atoms with Crippen LogP contribution in [-0.2, 0) is 16.0 Å². The van der Waals surface area contributed by atoms with Crippen LogP contribution in [0.2, 0.25) is 0 Å². The number of nitrogens with zero attached hydrogens (tertiary/aromatic N) is 2. The molecule has 136 valence electrons. The summed E-state index contributed by atoms with van der Waals surface area (Å²) < 4.78 is 4.68. The van der Waals surface area contributed by atoms with Crippen LogP contribution in [0, 0.1) is 0 Å². The molecule has 0 atom stereocenters. The number of nitrogens with two attached hydrogens (primary N) is 1. The normalized spacial score (nSPS) is 14.6. The van der Waals surface area contributed by atoms with E-state index in [0.29, 0.717) is 34.5 Å². The molecule has 6 heteroatoms. The Morgan fingerprint density at radius 2 is 2.04 bits per heavy atom. The summed E-state index contributed by atoms with van der Waals surface area (Å²) in [7, 11) is 1.35. The first-order chi connectivity index (χ1) is 12.3. The molecule has 1 aromatic rings. The zero-order chi connectivity index (χ0) is 19.3. The standard InChI is InChI=1S/C20H23N3O3/c1-13(2)16-11-15(9-10-19(24)26-4)12-18(20(16)25)23(21)22-17-8-6-5-7-14(17)3/h5-8,11-12,25H,1,3,9-10,21H2,2,4H3/b22-17-. The summed E-state index contributed by atoms with van der Waals surface area (Å²) in [5, 5.41) is 16.0. The lowest BCUT2D eigenvalue weighted by molar-refractivity contribution is -0.140. The molecule has 0 spiro atoms. The third kappa shape index (κ3) is 4.49. The van der Waals surface area contributed by atoms with Gasteiger partial charge in [0.2, 0.25) is 0 Å². The Bertz CT molecular complexity index is 835. The number of phenols is 1. The number of benzene rings is 1. The molecule has 2 rings (SSSR count). The fourth-order valence-electron chi connectivity index (χ4n) is 2.45. The Hall–Kier alpha value is -3.12. The van der Waals surface area contributed by atoms with Crippen LogP contribution >= 0.6 is 0 Å². The van der Waals surface area contributed by atoms with Gasteiger partial charge in [-0.1, -0.05) is 31.4 Å². The van der Waals surface area contributed by atoms with Crippen LogP contribution in [-0.4, -0.2) is 23.9 Å². The third-order valence-corrected chi connectivity index (χ3v) is 3.91. The Morgan fingerprint density at radius 3 is 2.65 bits per heavy atom. The molecule has 0 aliphatic heterocycles. The maximum Gasteiger partial charge on any atom is 0.305 e. The van der Waals surface area contributed by atoms with Gasteiger partial charge in [0.25, 0.3) is 0 Å². The summed E-state index contributed by atoms with van der Waals surface area (Å²) in [6, 6.07) is 3.48. The van der Waals surface area contributed by atoms with E-state index < -0.39 is 0 Å². The van der Waals surface area contributed by atoms with Crippen LogP contribution in [0.4, 0.5) is 5.69 Å². The molecule has 6 nitrogen and oxygen atoms in total. The first kappa shape index (κ1) is 19.2. The van der Waals surface area contributed by atoms with Gasteiger partial charge in [0.1, 0.15) is 11.4 Å². The predicted molar refractivity (Wildman–Crippen MR) is 105 cm³/mol. The maximum absolute atomic E-state index is 11.4. The molecule has 0 heterocycles. The first-order valence-electron chi connectivity index (χ1n) is 8.09. The number of ether oxygens (including phenoxy) is 1. The molecule has 0 saturated carbocycles. The van der Waals surface area contributed by atoms with Crippen molar-refractivity contribution in [1.82, 2.24) is 0 Å². The molecule has 0 fully saturated rings. The highest BCUT2D eigenvalue weighted by Crippen LogP contribution is 2.35. The molecule has 0 bridgehead atoms. The van der Waals surface area contributed by atoms with E-state index in [1.54, 1.807) is 25.1 Å². The Balaban J connectivity index is 2.40. The highest BCUT2D eigenvalue weighted by Gasteiger charge is 2.16. The van der Waals surface area contributed by atoms with Gasteiger partial charge in [-0.15, -0.1) is 0 Å². The van der Waals surface area contributed by atoms with Gasteiger partial charge in [-0.05, 0) is 48.3 Å². The molecule has 3 N–H and O–H groups in total. The lowest BCUT2D eigenvalue weighted by atomic mass is 10.00. The van der Waals surface area contributed by atoms with Gasteiger partial charge in [-0.25, -0.2) is 5.84 Å². The topological polar surface area (TPSA) is 88.2 Å². The second-order valence-electron chi connectivity index (χ2n) is 5.94. The van der Waals surface area contributed by atoms with Gasteiger partial charge in [0, 0.05) is 12.0 Å². The number of anilines is 1. The molecule has 0 unspecified atom stereocenters. The molecule has 1 aliphatic carbocycles. The van der Waals surface area contributed by atoms with Crippen molar-refractivity contribution in [3.05, 3.63) is 66.3 Å². The largest absolute Gasteiger partial charge is 0.505 e. The van der Waals surface area contributed by atoms with E-state index in [1.807, 2.05) is 18.2 Å². The fourth-order valence-corrected chi connectivity index (χ4v) is 2.45. The number of allylic oxidation sites excluding steroid dienone is 6. The number of hydrogen-bond acceptors (Lipinski definition) is 6. The number of hydrazone groups is 1. The minimum atomic E-state index is -0.309. The van der Waals surface area contributed by atoms with Crippen molar-refractivity contribution in [1.29, 1.82) is 0 Å². The fraction of sp³-hybridized carbons (Fsp3) is 0.200. The van der Waals surface area contributed by atoms with Crippen LogP contribution in [0.5, 0.6) is 5.75 Å². The van der Waals surface area contributed by atoms with Crippen LogP contribution in [0.15, 0.2) is 60.3 Å². The first-order valence-corrected chi connectivity index (χ1v) is 8.09. The molecule has 0 amide bonds. The number of methoxy groups -OCH3 is 1. The van der Waals surface area contributed by atoms with Gasteiger partial charge in [0.15, 0.2) is 0 Å². The highest BCUT2D eigenvalue weighted by atomic mass is 16.5. The van der Waals surface area contributed by atoms with Crippen LogP contribution in [0.1, 0.15) is 24.5 Å². The Morgan fingerprint density at radius 1 is 1.35 bits per heavy atom. The van der Waals surface area contributed by atoms with E-state index in [9.17, 15) is 9.90 Å². The number of aryl methyl sites for hydroxylation is 1. The van der Waals surface area contributed by atoms with E-state index in [4.69, 9.17) is 5.84 Å². The summed E-state index contributed by atoms with van der Waals surface area (Å²) in [4.78, 5) is 11.4. The number of aromatic hydroxyl groups is 1. The van der Waals surface area contributed by atoms with E-state index in [1.165, 1.54) is 7.11 Å². The van der Waals surface area contributed by atoms with Gasteiger partial charge < -0.3 is 9.84 Å². The zero-order valence-corrected chi connectivity index (χ0v) is 15.0. The van der Waals surface area contributed by atoms with Crippen molar-refractivity contribution in [2.24, 2.45) is 10.9 Å². The Kier molecular flexibility index (Phi) is 6.14. The summed E-state index contributed by atoms with van der Waals surface area (Å²) >= 11 is 0. The van der Waals surface area contributed by atoms with Crippen LogP contribution in [0.25, 0.3) is 5.57 Å². The van der Waals surface area contributed by atoms with Gasteiger partial charge >= 0.3 is 5.97 Å². The molecule has 26 heavy (non-hydrogen) atoms. The molecule has 1 aliphatic rings. The Labute approximate surface area is 153 Å². The van der Waals surface area contributed by atoms with E-state index >= 15 is 0 Å². The summed E-state index contributed by atoms with van der Waals surface area (Å²) in [6.07, 6.45) is 7.94. The van der Waals surface area contributed by atoms with Crippen molar-refractivity contribution >= 4 is 22.9 Å². The van der Waals surface area contributed by atoms with Crippen LogP contribution < -0.4 is 11.0 Å². The zero-order valence-electron chi connectivity index (χ0n) is 15.0. The molecule has 0 saturated heterocycles. The van der Waals surface area contributed by atoms with Crippen molar-refractivity contribution < 1.29 is 14.6 Å². The van der Waals surface area contributed by atoms with Gasteiger partial charge in [0.05, 0.1) is 12.8 Å². The quantitative estimate of drug-likeness (QED) is 0.466. The minimum absolute atomic E-state index is 0.0212. The number of esters is 1. The number of carbonyl (C=O) groups excluding carboxylic acids is 1. The molecule has 0 radical (unpaired) electrons. The lowest BCUT2D eigenvalue weighted by Crippen LogP contribution is -2.27. The third-order valence-electron chi connectivity index (χ3n) is 3.91. The van der Waals surface area contributed by atoms with Gasteiger partial charge in [-0.3, -0.25) is 4.79 Å². The summed E-state index contributed by atoms with van der Waals surface area (Å²) in [6.45, 7) is 9.58. The van der Waals surface area contributed by atoms with E-state index in [-0.39, 0.29) is 18.1 Å². The van der Waals surface area contributed by atoms with E-state index in [2.05, 4.69) is 23.0 Å². The molecular formula is C20H23N3O3. The average molecular weight is 353 g/mol. The van der Waals surface area contributed by atoms with Crippen molar-refractivity contribution in [2.75, 3.05) is 12.2 Å². The minimum Gasteiger partial charge on any atom is -0.505 e. The van der Waals surface area contributed by atoms with Gasteiger partial charge in [-0.2, -0.15) is 10.2 Å². The maximum atomic E-state index is 11.4. The molecule has 0 aromatic heterocycles. The highest BCUT2D eigenvalue weighted by molar-refractivity contribution is 6.11. The SMILES string of the molecule is C=C1C=CC=C/C1=N/N(N)c1cc(CCC(=O)OC)cc(C(=C)C)c1O. The molecule has 1 aromatic carbocycles. The number of rotatable bonds is 6. The second-order valence-corrected chi connectivity index (χ2v) is 5.94. The number of hydrazine groups is 1. The number of hydrogen-bond donors (Lipinski definition) is 2. The summed E-state index contributed by atoms with van der Waals surface area (Å²) in [5.41, 5.74) is 3.66. The second kappa shape index (κ2) is 8.31. The smallest absolute Gasteiger partial charge is 0.305 e. The van der Waals surface area contributed by atoms with Crippen molar-refractivity contribution in [2.45, 2.75) is 19.8 Å². The average Bonchev–Trinajstić information content (AvgIpc) is 2.61. The van der Waals surface area contributed by atoms with Crippen LogP contribution in [0.3, 0.4) is 0 Å². The predicted octanol–water partition coefficient (Wildman–Crippen LogP) is 3.25. The monoisotopic (exact) mass is 353 g/mol.